The highest BCUT2D eigenvalue weighted by Crippen LogP contribution is 2.40. The summed E-state index contributed by atoms with van der Waals surface area (Å²) in [6.45, 7) is 1.82. The van der Waals surface area contributed by atoms with Gasteiger partial charge in [-0.1, -0.05) is 23.7 Å². The van der Waals surface area contributed by atoms with E-state index in [1.165, 1.54) is 0 Å². The number of rotatable bonds is 3. The average Bonchev–Trinajstić information content (AvgIpc) is 2.95. The minimum absolute atomic E-state index is 0.211. The van der Waals surface area contributed by atoms with E-state index >= 15 is 0 Å². The van der Waals surface area contributed by atoms with Gasteiger partial charge in [0, 0.05) is 17.3 Å². The number of halogens is 3. The van der Waals surface area contributed by atoms with Crippen LogP contribution in [0, 0.1) is 6.92 Å². The number of alkyl halides is 2. The highest BCUT2D eigenvalue weighted by Gasteiger charge is 2.40. The molecule has 4 nitrogen and oxygen atoms in total. The van der Waals surface area contributed by atoms with Crippen molar-refractivity contribution >= 4 is 23.3 Å². The quantitative estimate of drug-likeness (QED) is 0.632. The number of carbonyl (C=O) groups excluding carboxylic acids is 1. The molecule has 0 fully saturated rings. The van der Waals surface area contributed by atoms with Crippen LogP contribution in [0.1, 0.15) is 21.5 Å². The predicted octanol–water partition coefficient (Wildman–Crippen LogP) is 5.49. The van der Waals surface area contributed by atoms with Crippen LogP contribution in [0.25, 0.3) is 11.1 Å². The molecule has 0 saturated heterocycles. The molecule has 2 aromatic carbocycles. The SMILES string of the molecule is Cc1cc2c(cc1-c1ccc(NC(=O)c3ccccc3Cl)nc1)CC(F)(F)O2. The van der Waals surface area contributed by atoms with Crippen LogP contribution < -0.4 is 10.1 Å². The van der Waals surface area contributed by atoms with E-state index in [4.69, 9.17) is 11.6 Å². The molecule has 0 radical (unpaired) electrons. The smallest absolute Gasteiger partial charge is 0.402 e. The van der Waals surface area contributed by atoms with Gasteiger partial charge < -0.3 is 10.1 Å². The van der Waals surface area contributed by atoms with E-state index in [0.29, 0.717) is 22.0 Å². The van der Waals surface area contributed by atoms with Crippen LogP contribution in [0.3, 0.4) is 0 Å². The fourth-order valence-electron chi connectivity index (χ4n) is 3.15. The Hall–Kier alpha value is -2.99. The zero-order valence-corrected chi connectivity index (χ0v) is 15.6. The highest BCUT2D eigenvalue weighted by atomic mass is 35.5. The van der Waals surface area contributed by atoms with Crippen molar-refractivity contribution in [2.75, 3.05) is 5.32 Å². The zero-order chi connectivity index (χ0) is 19.9. The monoisotopic (exact) mass is 400 g/mol. The van der Waals surface area contributed by atoms with Crippen molar-refractivity contribution in [3.05, 3.63) is 76.4 Å². The molecular weight excluding hydrogens is 386 g/mol. The van der Waals surface area contributed by atoms with Crippen molar-refractivity contribution < 1.29 is 18.3 Å². The van der Waals surface area contributed by atoms with E-state index in [1.54, 1.807) is 54.7 Å². The van der Waals surface area contributed by atoms with Crippen LogP contribution in [-0.2, 0) is 6.42 Å². The van der Waals surface area contributed by atoms with E-state index in [0.717, 1.165) is 16.7 Å². The van der Waals surface area contributed by atoms with Gasteiger partial charge in [-0.15, -0.1) is 0 Å². The first-order valence-electron chi connectivity index (χ1n) is 8.55. The number of aryl methyl sites for hydroxylation is 1. The van der Waals surface area contributed by atoms with Crippen molar-refractivity contribution in [3.8, 4) is 16.9 Å². The van der Waals surface area contributed by atoms with Crippen LogP contribution in [0.4, 0.5) is 14.6 Å². The molecule has 1 aromatic heterocycles. The maximum atomic E-state index is 13.5. The van der Waals surface area contributed by atoms with Crippen molar-refractivity contribution in [1.29, 1.82) is 0 Å². The second-order valence-corrected chi connectivity index (χ2v) is 6.96. The summed E-state index contributed by atoms with van der Waals surface area (Å²) in [5.41, 5.74) is 3.15. The summed E-state index contributed by atoms with van der Waals surface area (Å²) < 4.78 is 31.6. The number of ether oxygens (including phenoxy) is 1. The van der Waals surface area contributed by atoms with E-state index < -0.39 is 12.5 Å². The molecule has 1 amide bonds. The lowest BCUT2D eigenvalue weighted by molar-refractivity contribution is -0.159. The van der Waals surface area contributed by atoms with Crippen molar-refractivity contribution in [3.63, 3.8) is 0 Å². The number of carbonyl (C=O) groups is 1. The Kier molecular flexibility index (Phi) is 4.51. The highest BCUT2D eigenvalue weighted by molar-refractivity contribution is 6.34. The number of amides is 1. The van der Waals surface area contributed by atoms with Crippen molar-refractivity contribution in [1.82, 2.24) is 4.98 Å². The molecule has 28 heavy (non-hydrogen) atoms. The lowest BCUT2D eigenvalue weighted by atomic mass is 9.98. The second kappa shape index (κ2) is 6.87. The normalized spacial score (nSPS) is 14.3. The first-order valence-corrected chi connectivity index (χ1v) is 8.93. The van der Waals surface area contributed by atoms with E-state index in [2.05, 4.69) is 15.0 Å². The summed E-state index contributed by atoms with van der Waals surface area (Å²) in [7, 11) is 0. The molecule has 0 aliphatic carbocycles. The summed E-state index contributed by atoms with van der Waals surface area (Å²) in [6.07, 6.45) is -2.03. The molecule has 7 heteroatoms. The van der Waals surface area contributed by atoms with E-state index in [1.807, 2.05) is 6.92 Å². The van der Waals surface area contributed by atoms with Gasteiger partial charge in [-0.05, 0) is 54.4 Å². The Bertz CT molecular complexity index is 1070. The number of hydrogen-bond acceptors (Lipinski definition) is 3. The number of hydrogen-bond donors (Lipinski definition) is 1. The summed E-state index contributed by atoms with van der Waals surface area (Å²) in [4.78, 5) is 16.6. The molecule has 0 unspecified atom stereocenters. The van der Waals surface area contributed by atoms with Gasteiger partial charge in [0.15, 0.2) is 0 Å². The molecule has 1 N–H and O–H groups in total. The van der Waals surface area contributed by atoms with Crippen molar-refractivity contribution in [2.24, 2.45) is 0 Å². The number of anilines is 1. The van der Waals surface area contributed by atoms with Crippen LogP contribution >= 0.6 is 11.6 Å². The Labute approximate surface area is 165 Å². The van der Waals surface area contributed by atoms with Crippen LogP contribution in [0.2, 0.25) is 5.02 Å². The number of benzene rings is 2. The first-order chi connectivity index (χ1) is 13.3. The minimum atomic E-state index is -3.17. The van der Waals surface area contributed by atoms with Gasteiger partial charge >= 0.3 is 6.11 Å². The van der Waals surface area contributed by atoms with Gasteiger partial charge in [-0.2, -0.15) is 8.78 Å². The maximum absolute atomic E-state index is 13.5. The molecule has 2 heterocycles. The molecule has 3 aromatic rings. The maximum Gasteiger partial charge on any atom is 0.402 e. The van der Waals surface area contributed by atoms with E-state index in [9.17, 15) is 13.6 Å². The summed E-state index contributed by atoms with van der Waals surface area (Å²) in [5.74, 6) is 0.212. The Morgan fingerprint density at radius 3 is 2.71 bits per heavy atom. The zero-order valence-electron chi connectivity index (χ0n) is 14.8. The van der Waals surface area contributed by atoms with Crippen LogP contribution in [-0.4, -0.2) is 17.0 Å². The number of fused-ring (bicyclic) bond motifs is 1. The molecular formula is C21H15ClF2N2O2. The standard InChI is InChI=1S/C21H15ClF2N2O2/c1-12-8-18-14(10-21(23,24)28-18)9-16(12)13-6-7-19(25-11-13)26-20(27)15-4-2-3-5-17(15)22/h2-9,11H,10H2,1H3,(H,25,26,27). The first kappa shape index (κ1) is 18.4. The molecule has 1 aliphatic rings. The molecule has 142 valence electrons. The fourth-order valence-corrected chi connectivity index (χ4v) is 3.37. The van der Waals surface area contributed by atoms with Gasteiger partial charge in [-0.25, -0.2) is 4.98 Å². The third kappa shape index (κ3) is 3.55. The molecule has 0 spiro atoms. The summed E-state index contributed by atoms with van der Waals surface area (Å²) in [5, 5.41) is 3.04. The summed E-state index contributed by atoms with van der Waals surface area (Å²) in [6, 6.07) is 13.5. The van der Waals surface area contributed by atoms with Gasteiger partial charge in [0.25, 0.3) is 5.91 Å². The van der Waals surface area contributed by atoms with Gasteiger partial charge in [0.05, 0.1) is 17.0 Å². The van der Waals surface area contributed by atoms with Crippen LogP contribution in [0.15, 0.2) is 54.7 Å². The van der Waals surface area contributed by atoms with Gasteiger partial charge in [0.2, 0.25) is 0 Å². The average molecular weight is 401 g/mol. The third-order valence-electron chi connectivity index (χ3n) is 4.50. The Balaban J connectivity index is 1.56. The topological polar surface area (TPSA) is 51.2 Å². The Morgan fingerprint density at radius 2 is 2.00 bits per heavy atom. The molecule has 1 aliphatic heterocycles. The largest absolute Gasteiger partial charge is 0.432 e. The second-order valence-electron chi connectivity index (χ2n) is 6.56. The predicted molar refractivity (Wildman–Crippen MR) is 103 cm³/mol. The fraction of sp³-hybridized carbons (Fsp3) is 0.143. The lowest BCUT2D eigenvalue weighted by Gasteiger charge is -2.10. The number of pyridine rings is 1. The van der Waals surface area contributed by atoms with Gasteiger partial charge in [-0.3, -0.25) is 4.79 Å². The van der Waals surface area contributed by atoms with Gasteiger partial charge in [0.1, 0.15) is 11.6 Å². The number of nitrogens with zero attached hydrogens (tertiary/aromatic N) is 1. The molecule has 0 saturated carbocycles. The summed E-state index contributed by atoms with van der Waals surface area (Å²) >= 11 is 6.03. The van der Waals surface area contributed by atoms with E-state index in [-0.39, 0.29) is 11.7 Å². The van der Waals surface area contributed by atoms with Crippen LogP contribution in [0.5, 0.6) is 5.75 Å². The third-order valence-corrected chi connectivity index (χ3v) is 4.83. The molecule has 4 rings (SSSR count). The molecule has 0 atom stereocenters. The van der Waals surface area contributed by atoms with Crippen molar-refractivity contribution in [2.45, 2.75) is 19.5 Å². The molecule has 0 bridgehead atoms. The number of aromatic nitrogens is 1. The number of nitrogens with one attached hydrogen (secondary N) is 1. The lowest BCUT2D eigenvalue weighted by Crippen LogP contribution is -2.20. The minimum Gasteiger partial charge on any atom is -0.432 e. The Morgan fingerprint density at radius 1 is 1.21 bits per heavy atom.